The lowest BCUT2D eigenvalue weighted by Crippen LogP contribution is -2.24. The minimum atomic E-state index is -0.288. The van der Waals surface area contributed by atoms with Crippen molar-refractivity contribution in [2.45, 2.75) is 46.6 Å². The van der Waals surface area contributed by atoms with Crippen molar-refractivity contribution < 1.29 is 18.7 Å². The minimum absolute atomic E-state index is 0.0551. The maximum absolute atomic E-state index is 13.1. The maximum Gasteiger partial charge on any atom is 0.309 e. The largest absolute Gasteiger partial charge is 0.459 e. The van der Waals surface area contributed by atoms with Gasteiger partial charge in [-0.05, 0) is 61.9 Å². The number of amides is 1. The normalized spacial score (nSPS) is 17.2. The third kappa shape index (κ3) is 4.58. The molecule has 0 bridgehead atoms. The highest BCUT2D eigenvalue weighted by Crippen LogP contribution is 2.48. The number of esters is 1. The Labute approximate surface area is 190 Å². The van der Waals surface area contributed by atoms with Crippen molar-refractivity contribution in [3.05, 3.63) is 75.5 Å². The Morgan fingerprint density at radius 2 is 1.81 bits per heavy atom. The highest BCUT2D eigenvalue weighted by molar-refractivity contribution is 7.14. The smallest absolute Gasteiger partial charge is 0.309 e. The molecule has 1 amide bonds. The van der Waals surface area contributed by atoms with Crippen LogP contribution >= 0.6 is 11.3 Å². The van der Waals surface area contributed by atoms with E-state index in [4.69, 9.17) is 4.74 Å². The molecule has 7 heteroatoms. The van der Waals surface area contributed by atoms with Crippen molar-refractivity contribution in [3.63, 3.8) is 0 Å². The van der Waals surface area contributed by atoms with E-state index >= 15 is 0 Å². The molecule has 1 aromatic heterocycles. The molecule has 1 saturated carbocycles. The highest BCUT2D eigenvalue weighted by Gasteiger charge is 2.45. The maximum atomic E-state index is 13.1. The van der Waals surface area contributed by atoms with Gasteiger partial charge in [-0.25, -0.2) is 9.37 Å². The first-order valence-corrected chi connectivity index (χ1v) is 11.4. The lowest BCUT2D eigenvalue weighted by molar-refractivity contribution is -0.146. The van der Waals surface area contributed by atoms with Gasteiger partial charge in [0.15, 0.2) is 5.13 Å². The standard InChI is InChI=1S/C25H25FN2O3S/c1-14-9-15(2)23(16(3)10-14)28(17(4)29)25-27-20(13-32-25)12-31-24(30)22-11-21(22)18-5-7-19(26)8-6-18/h5-10,13,21-22H,11-12H2,1-4H3. The first-order valence-electron chi connectivity index (χ1n) is 10.5. The number of anilines is 2. The highest BCUT2D eigenvalue weighted by atomic mass is 32.1. The number of rotatable bonds is 6. The zero-order chi connectivity index (χ0) is 23.0. The monoisotopic (exact) mass is 452 g/mol. The van der Waals surface area contributed by atoms with Gasteiger partial charge in [0.25, 0.3) is 0 Å². The topological polar surface area (TPSA) is 59.5 Å². The van der Waals surface area contributed by atoms with Gasteiger partial charge < -0.3 is 4.74 Å². The molecule has 0 spiro atoms. The number of hydrogen-bond donors (Lipinski definition) is 0. The molecular weight excluding hydrogens is 427 g/mol. The van der Waals surface area contributed by atoms with Gasteiger partial charge in [0, 0.05) is 12.3 Å². The Kier molecular flexibility index (Phi) is 6.11. The van der Waals surface area contributed by atoms with Crippen molar-refractivity contribution in [1.29, 1.82) is 0 Å². The van der Waals surface area contributed by atoms with E-state index < -0.39 is 0 Å². The first-order chi connectivity index (χ1) is 15.2. The molecule has 0 N–H and O–H groups in total. The Morgan fingerprint density at radius 3 is 2.44 bits per heavy atom. The van der Waals surface area contributed by atoms with E-state index in [1.165, 1.54) is 30.4 Å². The molecule has 32 heavy (non-hydrogen) atoms. The van der Waals surface area contributed by atoms with Gasteiger partial charge in [0.1, 0.15) is 12.4 Å². The fourth-order valence-electron chi connectivity index (χ4n) is 4.16. The van der Waals surface area contributed by atoms with Crippen LogP contribution < -0.4 is 4.90 Å². The molecule has 0 aliphatic heterocycles. The lowest BCUT2D eigenvalue weighted by atomic mass is 10.0. The van der Waals surface area contributed by atoms with E-state index in [1.807, 2.05) is 38.3 Å². The molecule has 1 aliphatic carbocycles. The van der Waals surface area contributed by atoms with Gasteiger partial charge in [-0.2, -0.15) is 0 Å². The molecule has 1 heterocycles. The fourth-order valence-corrected chi connectivity index (χ4v) is 5.02. The summed E-state index contributed by atoms with van der Waals surface area (Å²) in [7, 11) is 0. The summed E-state index contributed by atoms with van der Waals surface area (Å²) in [6.45, 7) is 7.56. The Balaban J connectivity index is 1.43. The Bertz CT molecular complexity index is 1150. The van der Waals surface area contributed by atoms with Crippen molar-refractivity contribution in [2.75, 3.05) is 4.90 Å². The number of aryl methyl sites for hydroxylation is 3. The number of carbonyl (C=O) groups excluding carboxylic acids is 2. The quantitative estimate of drug-likeness (QED) is 0.448. The van der Waals surface area contributed by atoms with Crippen LogP contribution in [0.1, 0.15) is 47.2 Å². The molecule has 5 nitrogen and oxygen atoms in total. The number of hydrogen-bond acceptors (Lipinski definition) is 5. The number of carbonyl (C=O) groups is 2. The molecule has 2 aromatic carbocycles. The summed E-state index contributed by atoms with van der Waals surface area (Å²) in [6.07, 6.45) is 0.705. The van der Waals surface area contributed by atoms with Crippen molar-refractivity contribution in [2.24, 2.45) is 5.92 Å². The van der Waals surface area contributed by atoms with E-state index in [-0.39, 0.29) is 36.1 Å². The molecule has 0 saturated heterocycles. The van der Waals surface area contributed by atoms with Crippen LogP contribution in [-0.4, -0.2) is 16.9 Å². The second kappa shape index (κ2) is 8.82. The Morgan fingerprint density at radius 1 is 1.16 bits per heavy atom. The van der Waals surface area contributed by atoms with Crippen LogP contribution in [0.4, 0.5) is 15.2 Å². The molecule has 4 rings (SSSR count). The van der Waals surface area contributed by atoms with Crippen LogP contribution in [0.5, 0.6) is 0 Å². The van der Waals surface area contributed by atoms with Crippen molar-refractivity contribution >= 4 is 34.0 Å². The van der Waals surface area contributed by atoms with Crippen molar-refractivity contribution in [3.8, 4) is 0 Å². The Hall–Kier alpha value is -3.06. The molecule has 2 atom stereocenters. The van der Waals surface area contributed by atoms with Crippen LogP contribution in [0.2, 0.25) is 0 Å². The number of ether oxygens (including phenoxy) is 1. The van der Waals surface area contributed by atoms with E-state index in [0.717, 1.165) is 27.9 Å². The molecule has 3 aromatic rings. The molecule has 1 aliphatic rings. The average Bonchev–Trinajstić information content (AvgIpc) is 3.39. The average molecular weight is 453 g/mol. The second-order valence-corrected chi connectivity index (χ2v) is 9.17. The van der Waals surface area contributed by atoms with Gasteiger partial charge in [0.2, 0.25) is 5.91 Å². The number of thiazole rings is 1. The number of halogens is 1. The van der Waals surface area contributed by atoms with Crippen molar-refractivity contribution in [1.82, 2.24) is 4.98 Å². The second-order valence-electron chi connectivity index (χ2n) is 8.33. The summed E-state index contributed by atoms with van der Waals surface area (Å²) in [5.41, 5.74) is 5.53. The fraction of sp³-hybridized carbons (Fsp3) is 0.320. The van der Waals surface area contributed by atoms with Crippen LogP contribution in [-0.2, 0) is 20.9 Å². The summed E-state index contributed by atoms with van der Waals surface area (Å²) in [6, 6.07) is 10.3. The minimum Gasteiger partial charge on any atom is -0.459 e. The van der Waals surface area contributed by atoms with E-state index in [9.17, 15) is 14.0 Å². The van der Waals surface area contributed by atoms with Gasteiger partial charge >= 0.3 is 5.97 Å². The predicted molar refractivity (Wildman–Crippen MR) is 123 cm³/mol. The summed E-state index contributed by atoms with van der Waals surface area (Å²) < 4.78 is 18.6. The van der Waals surface area contributed by atoms with E-state index in [2.05, 4.69) is 4.98 Å². The molecular formula is C25H25FN2O3S. The third-order valence-corrected chi connectivity index (χ3v) is 6.53. The van der Waals surface area contributed by atoms with Crippen LogP contribution in [0.15, 0.2) is 41.8 Å². The van der Waals surface area contributed by atoms with Gasteiger partial charge in [-0.15, -0.1) is 11.3 Å². The summed E-state index contributed by atoms with van der Waals surface area (Å²) in [5, 5.41) is 2.36. The van der Waals surface area contributed by atoms with Crippen LogP contribution in [0, 0.1) is 32.5 Å². The summed E-state index contributed by atoms with van der Waals surface area (Å²) in [4.78, 5) is 31.1. The number of benzene rings is 2. The van der Waals surface area contributed by atoms with E-state index in [1.54, 1.807) is 17.0 Å². The number of aromatic nitrogens is 1. The van der Waals surface area contributed by atoms with Crippen LogP contribution in [0.3, 0.4) is 0 Å². The zero-order valence-corrected chi connectivity index (χ0v) is 19.3. The first kappa shape index (κ1) is 22.1. The van der Waals surface area contributed by atoms with Gasteiger partial charge in [-0.3, -0.25) is 14.5 Å². The lowest BCUT2D eigenvalue weighted by Gasteiger charge is -2.23. The molecule has 2 unspecified atom stereocenters. The van der Waals surface area contributed by atoms with E-state index in [0.29, 0.717) is 17.2 Å². The third-order valence-electron chi connectivity index (χ3n) is 5.66. The van der Waals surface area contributed by atoms with Gasteiger partial charge in [-0.1, -0.05) is 29.8 Å². The molecule has 166 valence electrons. The SMILES string of the molecule is CC(=O)N(c1nc(COC(=O)C2CC2c2ccc(F)cc2)cs1)c1c(C)cc(C)cc1C. The summed E-state index contributed by atoms with van der Waals surface area (Å²) >= 11 is 1.34. The summed E-state index contributed by atoms with van der Waals surface area (Å²) in [5.74, 6) is -0.816. The predicted octanol–water partition coefficient (Wildman–Crippen LogP) is 5.74. The van der Waals surface area contributed by atoms with Gasteiger partial charge in [0.05, 0.1) is 17.3 Å². The molecule has 1 fully saturated rings. The zero-order valence-electron chi connectivity index (χ0n) is 18.5. The molecule has 0 radical (unpaired) electrons. The van der Waals surface area contributed by atoms with Crippen LogP contribution in [0.25, 0.3) is 0 Å². The number of nitrogens with zero attached hydrogens (tertiary/aromatic N) is 2.